The number of methoxy groups -OCH3 is 2. The zero-order chi connectivity index (χ0) is 23.1. The van der Waals surface area contributed by atoms with Crippen molar-refractivity contribution < 1.29 is 28.6 Å². The summed E-state index contributed by atoms with van der Waals surface area (Å²) < 4.78 is 16.2. The van der Waals surface area contributed by atoms with E-state index in [1.807, 2.05) is 0 Å². The summed E-state index contributed by atoms with van der Waals surface area (Å²) in [7, 11) is 3.00. The van der Waals surface area contributed by atoms with Gasteiger partial charge >= 0.3 is 0 Å². The van der Waals surface area contributed by atoms with E-state index in [0.29, 0.717) is 60.2 Å². The van der Waals surface area contributed by atoms with Crippen LogP contribution >= 0.6 is 0 Å². The van der Waals surface area contributed by atoms with Crippen LogP contribution in [0.25, 0.3) is 0 Å². The first-order chi connectivity index (χ1) is 16.1. The van der Waals surface area contributed by atoms with Crippen LogP contribution in [0, 0.1) is 0 Å². The van der Waals surface area contributed by atoms with Crippen LogP contribution in [0.4, 0.5) is 5.69 Å². The number of para-hydroxylation sites is 1. The lowest BCUT2D eigenvalue weighted by Gasteiger charge is -2.41. The van der Waals surface area contributed by atoms with Gasteiger partial charge in [0.1, 0.15) is 6.17 Å². The van der Waals surface area contributed by atoms with Gasteiger partial charge in [0, 0.05) is 31.6 Å². The normalized spacial score (nSPS) is 19.2. The molecule has 2 aromatic rings. The van der Waals surface area contributed by atoms with Crippen molar-refractivity contribution in [2.24, 2.45) is 0 Å². The van der Waals surface area contributed by atoms with Gasteiger partial charge in [0.15, 0.2) is 11.5 Å². The minimum Gasteiger partial charge on any atom is -0.493 e. The van der Waals surface area contributed by atoms with E-state index in [-0.39, 0.29) is 30.7 Å². The molecular formula is C24H25N3O6. The molecule has 0 saturated carbocycles. The molecule has 1 fully saturated rings. The van der Waals surface area contributed by atoms with Gasteiger partial charge in [-0.15, -0.1) is 0 Å². The molecule has 3 aliphatic heterocycles. The summed E-state index contributed by atoms with van der Waals surface area (Å²) in [4.78, 5) is 44.9. The molecule has 3 aliphatic rings. The van der Waals surface area contributed by atoms with E-state index in [4.69, 9.17) is 14.2 Å². The first kappa shape index (κ1) is 21.3. The fourth-order valence-corrected chi connectivity index (χ4v) is 4.84. The Morgan fingerprint density at radius 1 is 1.03 bits per heavy atom. The SMILES string of the molecule is COc1ccc2c(c1OC)C(=O)N1c3ccccc3C(=O)N(CCC(=O)N3CCOCC3)[C@H]21. The van der Waals surface area contributed by atoms with Crippen LogP contribution in [-0.2, 0) is 9.53 Å². The van der Waals surface area contributed by atoms with Crippen molar-refractivity contribution >= 4 is 23.4 Å². The van der Waals surface area contributed by atoms with Crippen molar-refractivity contribution in [3.05, 3.63) is 53.1 Å². The Bertz CT molecular complexity index is 1130. The van der Waals surface area contributed by atoms with Crippen molar-refractivity contribution in [1.82, 2.24) is 9.80 Å². The molecule has 0 spiro atoms. The quantitative estimate of drug-likeness (QED) is 0.692. The third kappa shape index (κ3) is 3.31. The lowest BCUT2D eigenvalue weighted by Crippen LogP contribution is -2.49. The average molecular weight is 451 g/mol. The third-order valence-corrected chi connectivity index (χ3v) is 6.41. The molecule has 3 heterocycles. The number of benzene rings is 2. The molecule has 9 nitrogen and oxygen atoms in total. The van der Waals surface area contributed by atoms with Crippen LogP contribution in [0.2, 0.25) is 0 Å². The highest BCUT2D eigenvalue weighted by Crippen LogP contribution is 2.49. The second-order valence-electron chi connectivity index (χ2n) is 8.07. The number of nitrogens with zero attached hydrogens (tertiary/aromatic N) is 3. The Morgan fingerprint density at radius 3 is 2.52 bits per heavy atom. The fourth-order valence-electron chi connectivity index (χ4n) is 4.84. The van der Waals surface area contributed by atoms with Gasteiger partial charge in [0.05, 0.1) is 44.2 Å². The lowest BCUT2D eigenvalue weighted by molar-refractivity contribution is -0.135. The number of amides is 3. The van der Waals surface area contributed by atoms with Gasteiger partial charge < -0.3 is 24.0 Å². The van der Waals surface area contributed by atoms with Crippen LogP contribution < -0.4 is 14.4 Å². The van der Waals surface area contributed by atoms with E-state index >= 15 is 0 Å². The van der Waals surface area contributed by atoms with Crippen molar-refractivity contribution in [3.8, 4) is 11.5 Å². The van der Waals surface area contributed by atoms with Gasteiger partial charge in [0.2, 0.25) is 5.91 Å². The Morgan fingerprint density at radius 2 is 1.79 bits per heavy atom. The summed E-state index contributed by atoms with van der Waals surface area (Å²) in [5.74, 6) is 0.266. The number of rotatable bonds is 5. The van der Waals surface area contributed by atoms with Gasteiger partial charge in [0.25, 0.3) is 11.8 Å². The van der Waals surface area contributed by atoms with Crippen molar-refractivity contribution in [3.63, 3.8) is 0 Å². The van der Waals surface area contributed by atoms with Gasteiger partial charge in [-0.05, 0) is 18.2 Å². The molecular weight excluding hydrogens is 426 g/mol. The predicted molar refractivity (Wildman–Crippen MR) is 119 cm³/mol. The summed E-state index contributed by atoms with van der Waals surface area (Å²) >= 11 is 0. The Balaban J connectivity index is 1.55. The zero-order valence-electron chi connectivity index (χ0n) is 18.6. The molecule has 33 heavy (non-hydrogen) atoms. The maximum absolute atomic E-state index is 13.6. The zero-order valence-corrected chi connectivity index (χ0v) is 18.6. The van der Waals surface area contributed by atoms with Crippen LogP contribution in [0.5, 0.6) is 11.5 Å². The number of hydrogen-bond donors (Lipinski definition) is 0. The minimum atomic E-state index is -0.660. The van der Waals surface area contributed by atoms with Crippen LogP contribution in [0.15, 0.2) is 36.4 Å². The molecule has 0 aromatic heterocycles. The summed E-state index contributed by atoms with van der Waals surface area (Å²) in [6, 6.07) is 10.6. The number of fused-ring (bicyclic) bond motifs is 5. The van der Waals surface area contributed by atoms with E-state index in [1.165, 1.54) is 14.2 Å². The Kier molecular flexibility index (Phi) is 5.41. The monoisotopic (exact) mass is 451 g/mol. The second-order valence-corrected chi connectivity index (χ2v) is 8.07. The molecule has 172 valence electrons. The Hall–Kier alpha value is -3.59. The topological polar surface area (TPSA) is 88.6 Å². The number of carbonyl (C=O) groups excluding carboxylic acids is 3. The standard InChI is InChI=1S/C24H25N3O6/c1-31-18-8-7-16-20(21(18)32-2)24(30)27-17-6-4-3-5-15(17)23(29)26(22(16)27)10-9-19(28)25-11-13-33-14-12-25/h3-8,22H,9-14H2,1-2H3/t22-/m0/s1. The molecule has 1 atom stereocenters. The molecule has 0 aliphatic carbocycles. The molecule has 1 saturated heterocycles. The number of carbonyl (C=O) groups is 3. The number of morpholine rings is 1. The number of ether oxygens (including phenoxy) is 3. The van der Waals surface area contributed by atoms with E-state index in [1.54, 1.807) is 51.1 Å². The van der Waals surface area contributed by atoms with Crippen LogP contribution in [0.1, 0.15) is 38.9 Å². The van der Waals surface area contributed by atoms with Crippen molar-refractivity contribution in [2.45, 2.75) is 12.6 Å². The molecule has 3 amide bonds. The highest BCUT2D eigenvalue weighted by Gasteiger charge is 2.49. The van der Waals surface area contributed by atoms with Gasteiger partial charge in [-0.1, -0.05) is 18.2 Å². The lowest BCUT2D eigenvalue weighted by atomic mass is 10.0. The smallest absolute Gasteiger partial charge is 0.264 e. The first-order valence-electron chi connectivity index (χ1n) is 10.9. The first-order valence-corrected chi connectivity index (χ1v) is 10.9. The molecule has 0 bridgehead atoms. The van der Waals surface area contributed by atoms with Crippen LogP contribution in [-0.4, -0.2) is 74.6 Å². The van der Waals surface area contributed by atoms with Gasteiger partial charge in [-0.25, -0.2) is 0 Å². The Labute approximate surface area is 191 Å². The summed E-state index contributed by atoms with van der Waals surface area (Å²) in [5.41, 5.74) is 2.00. The molecule has 0 N–H and O–H groups in total. The maximum Gasteiger partial charge on any atom is 0.264 e. The highest BCUT2D eigenvalue weighted by molar-refractivity contribution is 6.18. The second kappa shape index (κ2) is 8.40. The minimum absolute atomic E-state index is 0.0339. The number of hydrogen-bond acceptors (Lipinski definition) is 6. The maximum atomic E-state index is 13.6. The molecule has 9 heteroatoms. The summed E-state index contributed by atoms with van der Waals surface area (Å²) in [5, 5.41) is 0. The third-order valence-electron chi connectivity index (χ3n) is 6.41. The molecule has 0 radical (unpaired) electrons. The van der Waals surface area contributed by atoms with E-state index in [9.17, 15) is 14.4 Å². The van der Waals surface area contributed by atoms with Crippen LogP contribution in [0.3, 0.4) is 0 Å². The predicted octanol–water partition coefficient (Wildman–Crippen LogP) is 2.07. The van der Waals surface area contributed by atoms with E-state index < -0.39 is 6.17 Å². The average Bonchev–Trinajstić information content (AvgIpc) is 3.16. The van der Waals surface area contributed by atoms with E-state index in [0.717, 1.165) is 0 Å². The summed E-state index contributed by atoms with van der Waals surface area (Å²) in [6.07, 6.45) is -0.498. The van der Waals surface area contributed by atoms with Gasteiger partial charge in [-0.3, -0.25) is 19.3 Å². The molecule has 0 unspecified atom stereocenters. The number of anilines is 1. The van der Waals surface area contributed by atoms with Crippen molar-refractivity contribution in [2.75, 3.05) is 52.0 Å². The fraction of sp³-hybridized carbons (Fsp3) is 0.375. The highest BCUT2D eigenvalue weighted by atomic mass is 16.5. The van der Waals surface area contributed by atoms with E-state index in [2.05, 4.69) is 0 Å². The molecule has 5 rings (SSSR count). The van der Waals surface area contributed by atoms with Crippen molar-refractivity contribution in [1.29, 1.82) is 0 Å². The largest absolute Gasteiger partial charge is 0.493 e. The van der Waals surface area contributed by atoms with Gasteiger partial charge in [-0.2, -0.15) is 0 Å². The summed E-state index contributed by atoms with van der Waals surface area (Å²) in [6.45, 7) is 2.31. The molecule has 2 aromatic carbocycles.